The predicted octanol–water partition coefficient (Wildman–Crippen LogP) is 2.25. The summed E-state index contributed by atoms with van der Waals surface area (Å²) in [5.74, 6) is -0.438. The highest BCUT2D eigenvalue weighted by atomic mass is 19.1. The van der Waals surface area contributed by atoms with E-state index in [0.717, 1.165) is 6.42 Å². The molecule has 2 atom stereocenters. The topological polar surface area (TPSA) is 40.6 Å². The molecule has 1 aromatic carbocycles. The Hall–Kier alpha value is -1.91. The van der Waals surface area contributed by atoms with Crippen molar-refractivity contribution in [3.63, 3.8) is 0 Å². The van der Waals surface area contributed by atoms with Gasteiger partial charge in [-0.2, -0.15) is 0 Å². The molecule has 2 amide bonds. The molecule has 21 heavy (non-hydrogen) atoms. The number of piperazine rings is 1. The van der Waals surface area contributed by atoms with Crippen LogP contribution in [0.3, 0.4) is 0 Å². The van der Waals surface area contributed by atoms with Gasteiger partial charge < -0.3 is 4.90 Å². The van der Waals surface area contributed by atoms with E-state index in [4.69, 9.17) is 0 Å². The molecule has 2 unspecified atom stereocenters. The van der Waals surface area contributed by atoms with Crippen LogP contribution in [0.2, 0.25) is 0 Å². The van der Waals surface area contributed by atoms with E-state index in [1.165, 1.54) is 11.0 Å². The molecule has 112 valence electrons. The van der Waals surface area contributed by atoms with Gasteiger partial charge in [0.15, 0.2) is 0 Å². The van der Waals surface area contributed by atoms with Crippen LogP contribution in [0.5, 0.6) is 0 Å². The molecule has 2 aliphatic heterocycles. The number of nitrogens with zero attached hydrogens (tertiary/aromatic N) is 2. The Bertz CT molecular complexity index is 602. The average molecular weight is 290 g/mol. The first-order valence-corrected chi connectivity index (χ1v) is 7.45. The number of benzene rings is 1. The van der Waals surface area contributed by atoms with E-state index in [1.807, 2.05) is 6.92 Å². The van der Waals surface area contributed by atoms with Crippen molar-refractivity contribution in [3.8, 4) is 0 Å². The lowest BCUT2D eigenvalue weighted by molar-refractivity contribution is -0.144. The third kappa shape index (κ3) is 2.03. The van der Waals surface area contributed by atoms with E-state index >= 15 is 0 Å². The minimum absolute atomic E-state index is 0.0109. The maximum absolute atomic E-state index is 13.8. The predicted molar refractivity (Wildman–Crippen MR) is 77.4 cm³/mol. The number of carbonyl (C=O) groups is 2. The summed E-state index contributed by atoms with van der Waals surface area (Å²) in [6.45, 7) is 4.19. The number of amides is 2. The molecular formula is C16H19FN2O2. The van der Waals surface area contributed by atoms with E-state index in [2.05, 4.69) is 0 Å². The highest BCUT2D eigenvalue weighted by Crippen LogP contribution is 2.33. The standard InChI is InChI=1S/C16H19FN2O2/c1-3-12-15(20)18-9-5-8-14(18)16(21)19(12)13-7-4-6-11(17)10(13)2/h4,6-7,12,14H,3,5,8-9H2,1-2H3. The van der Waals surface area contributed by atoms with Crippen molar-refractivity contribution in [2.24, 2.45) is 0 Å². The van der Waals surface area contributed by atoms with E-state index in [9.17, 15) is 14.0 Å². The zero-order valence-corrected chi connectivity index (χ0v) is 12.3. The van der Waals surface area contributed by atoms with Crippen LogP contribution in [-0.2, 0) is 9.59 Å². The number of anilines is 1. The van der Waals surface area contributed by atoms with E-state index in [0.29, 0.717) is 30.6 Å². The van der Waals surface area contributed by atoms with Gasteiger partial charge in [0.2, 0.25) is 5.91 Å². The first-order valence-electron chi connectivity index (χ1n) is 7.45. The second-order valence-electron chi connectivity index (χ2n) is 5.71. The molecule has 1 aromatic rings. The van der Waals surface area contributed by atoms with Gasteiger partial charge in [-0.3, -0.25) is 14.5 Å². The maximum Gasteiger partial charge on any atom is 0.250 e. The number of hydrogen-bond donors (Lipinski definition) is 0. The third-order valence-electron chi connectivity index (χ3n) is 4.54. The first-order chi connectivity index (χ1) is 10.1. The summed E-state index contributed by atoms with van der Waals surface area (Å²) in [6, 6.07) is 3.79. The lowest BCUT2D eigenvalue weighted by Crippen LogP contribution is -2.63. The van der Waals surface area contributed by atoms with Crippen LogP contribution < -0.4 is 4.90 Å². The Balaban J connectivity index is 2.08. The van der Waals surface area contributed by atoms with Crippen LogP contribution in [-0.4, -0.2) is 35.3 Å². The Morgan fingerprint density at radius 3 is 2.76 bits per heavy atom. The smallest absolute Gasteiger partial charge is 0.250 e. The Kier molecular flexibility index (Phi) is 3.43. The molecule has 0 radical (unpaired) electrons. The molecule has 0 saturated carbocycles. The molecule has 2 saturated heterocycles. The maximum atomic E-state index is 13.8. The van der Waals surface area contributed by atoms with Gasteiger partial charge in [0.1, 0.15) is 17.9 Å². The quantitative estimate of drug-likeness (QED) is 0.838. The largest absolute Gasteiger partial charge is 0.329 e. The lowest BCUT2D eigenvalue weighted by Gasteiger charge is -2.42. The van der Waals surface area contributed by atoms with Crippen LogP contribution in [0.1, 0.15) is 31.7 Å². The number of rotatable bonds is 2. The number of fused-ring (bicyclic) bond motifs is 1. The number of hydrogen-bond acceptors (Lipinski definition) is 2. The molecule has 0 bridgehead atoms. The van der Waals surface area contributed by atoms with Crippen molar-refractivity contribution in [2.75, 3.05) is 11.4 Å². The molecule has 0 aromatic heterocycles. The Morgan fingerprint density at radius 1 is 1.29 bits per heavy atom. The molecule has 0 N–H and O–H groups in total. The van der Waals surface area contributed by atoms with Gasteiger partial charge in [0.05, 0.1) is 5.69 Å². The number of carbonyl (C=O) groups excluding carboxylic acids is 2. The van der Waals surface area contributed by atoms with Crippen molar-refractivity contribution in [2.45, 2.75) is 45.2 Å². The summed E-state index contributed by atoms with van der Waals surface area (Å²) >= 11 is 0. The molecule has 2 heterocycles. The molecule has 5 heteroatoms. The van der Waals surface area contributed by atoms with E-state index in [-0.39, 0.29) is 23.7 Å². The molecule has 0 aliphatic carbocycles. The fraction of sp³-hybridized carbons (Fsp3) is 0.500. The molecular weight excluding hydrogens is 271 g/mol. The van der Waals surface area contributed by atoms with Crippen molar-refractivity contribution in [1.29, 1.82) is 0 Å². The second-order valence-corrected chi connectivity index (χ2v) is 5.71. The minimum atomic E-state index is -0.521. The molecule has 4 nitrogen and oxygen atoms in total. The zero-order chi connectivity index (χ0) is 15.1. The highest BCUT2D eigenvalue weighted by molar-refractivity contribution is 6.09. The summed E-state index contributed by atoms with van der Waals surface area (Å²) in [4.78, 5) is 28.6. The summed E-state index contributed by atoms with van der Waals surface area (Å²) in [5.41, 5.74) is 0.940. The van der Waals surface area contributed by atoms with E-state index < -0.39 is 6.04 Å². The Labute approximate surface area is 123 Å². The summed E-state index contributed by atoms with van der Waals surface area (Å²) in [6.07, 6.45) is 2.09. The van der Waals surface area contributed by atoms with Crippen LogP contribution in [0, 0.1) is 12.7 Å². The van der Waals surface area contributed by atoms with Crippen LogP contribution in [0.15, 0.2) is 18.2 Å². The fourth-order valence-corrected chi connectivity index (χ4v) is 3.40. The SMILES string of the molecule is CCC1C(=O)N2CCCC2C(=O)N1c1cccc(F)c1C. The van der Waals surface area contributed by atoms with Gasteiger partial charge in [-0.15, -0.1) is 0 Å². The lowest BCUT2D eigenvalue weighted by atomic mass is 10.0. The van der Waals surface area contributed by atoms with Gasteiger partial charge in [0.25, 0.3) is 5.91 Å². The fourth-order valence-electron chi connectivity index (χ4n) is 3.40. The molecule has 2 fully saturated rings. The van der Waals surface area contributed by atoms with Crippen LogP contribution >= 0.6 is 0 Å². The summed E-state index contributed by atoms with van der Waals surface area (Å²) in [5, 5.41) is 0. The highest BCUT2D eigenvalue weighted by Gasteiger charge is 2.47. The van der Waals surface area contributed by atoms with Crippen molar-refractivity contribution < 1.29 is 14.0 Å². The van der Waals surface area contributed by atoms with Gasteiger partial charge >= 0.3 is 0 Å². The molecule has 3 rings (SSSR count). The zero-order valence-electron chi connectivity index (χ0n) is 12.3. The van der Waals surface area contributed by atoms with Crippen molar-refractivity contribution >= 4 is 17.5 Å². The van der Waals surface area contributed by atoms with E-state index in [1.54, 1.807) is 24.0 Å². The van der Waals surface area contributed by atoms with Gasteiger partial charge in [-0.25, -0.2) is 4.39 Å². The third-order valence-corrected chi connectivity index (χ3v) is 4.54. The van der Waals surface area contributed by atoms with Crippen molar-refractivity contribution in [1.82, 2.24) is 4.90 Å². The normalized spacial score (nSPS) is 25.5. The summed E-state index contributed by atoms with van der Waals surface area (Å²) in [7, 11) is 0. The van der Waals surface area contributed by atoms with Crippen molar-refractivity contribution in [3.05, 3.63) is 29.6 Å². The van der Waals surface area contributed by atoms with Gasteiger partial charge in [-0.1, -0.05) is 13.0 Å². The van der Waals surface area contributed by atoms with Crippen LogP contribution in [0.4, 0.5) is 10.1 Å². The first kappa shape index (κ1) is 14.0. The number of halogens is 1. The Morgan fingerprint density at radius 2 is 2.05 bits per heavy atom. The van der Waals surface area contributed by atoms with Crippen LogP contribution in [0.25, 0.3) is 0 Å². The van der Waals surface area contributed by atoms with Gasteiger partial charge in [0, 0.05) is 12.1 Å². The summed E-state index contributed by atoms with van der Waals surface area (Å²) < 4.78 is 13.8. The van der Waals surface area contributed by atoms with Gasteiger partial charge in [-0.05, 0) is 38.3 Å². The molecule has 2 aliphatic rings. The monoisotopic (exact) mass is 290 g/mol. The minimum Gasteiger partial charge on any atom is -0.329 e. The average Bonchev–Trinajstić information content (AvgIpc) is 2.96. The molecule has 0 spiro atoms. The second kappa shape index (κ2) is 5.13.